The molecule has 0 spiro atoms. The van der Waals surface area contributed by atoms with Gasteiger partial charge in [0.15, 0.2) is 15.7 Å². The lowest BCUT2D eigenvalue weighted by molar-refractivity contribution is -0.117. The molecular formula is C18H30N2O7S. The van der Waals surface area contributed by atoms with Crippen LogP contribution in [0.15, 0.2) is 10.6 Å². The molecule has 0 aromatic carbocycles. The van der Waals surface area contributed by atoms with Gasteiger partial charge in [0, 0.05) is 24.7 Å². The largest absolute Gasteiger partial charge is 0.394 e. The molecule has 2 N–H and O–H groups in total. The molecule has 1 saturated heterocycles. The van der Waals surface area contributed by atoms with E-state index in [1.807, 2.05) is 13.8 Å². The van der Waals surface area contributed by atoms with Gasteiger partial charge < -0.3 is 24.4 Å². The molecule has 1 amide bonds. The van der Waals surface area contributed by atoms with Crippen molar-refractivity contribution in [3.8, 4) is 0 Å². The van der Waals surface area contributed by atoms with Crippen molar-refractivity contribution in [2.24, 2.45) is 0 Å². The summed E-state index contributed by atoms with van der Waals surface area (Å²) in [6, 6.07) is 1.55. The fraction of sp³-hybridized carbons (Fsp3) is 0.778. The van der Waals surface area contributed by atoms with Crippen LogP contribution in [-0.2, 0) is 29.5 Å². The van der Waals surface area contributed by atoms with E-state index in [-0.39, 0.29) is 19.0 Å². The minimum Gasteiger partial charge on any atom is -0.394 e. The van der Waals surface area contributed by atoms with Crippen LogP contribution < -0.4 is 5.32 Å². The first-order chi connectivity index (χ1) is 13.0. The Morgan fingerprint density at radius 1 is 1.32 bits per heavy atom. The number of aliphatic hydroxyl groups is 1. The molecule has 9 nitrogen and oxygen atoms in total. The lowest BCUT2D eigenvalue weighted by Gasteiger charge is -2.30. The number of carbonyl (C=O) groups is 1. The predicted molar refractivity (Wildman–Crippen MR) is 103 cm³/mol. The van der Waals surface area contributed by atoms with Crippen LogP contribution in [0.4, 0.5) is 5.82 Å². The van der Waals surface area contributed by atoms with E-state index in [0.29, 0.717) is 38.4 Å². The summed E-state index contributed by atoms with van der Waals surface area (Å²) in [5.41, 5.74) is -0.533. The molecule has 160 valence electrons. The number of ether oxygens (including phenoxy) is 2. The van der Waals surface area contributed by atoms with E-state index in [9.17, 15) is 13.2 Å². The van der Waals surface area contributed by atoms with Gasteiger partial charge in [-0.2, -0.15) is 0 Å². The number of sulfone groups is 1. The minimum absolute atomic E-state index is 0.0789. The smallest absolute Gasteiger partial charge is 0.246 e. The van der Waals surface area contributed by atoms with Crippen LogP contribution in [0.25, 0.3) is 0 Å². The topological polar surface area (TPSA) is 128 Å². The number of rotatable bonds is 9. The summed E-state index contributed by atoms with van der Waals surface area (Å²) in [7, 11) is -3.71. The number of aliphatic hydroxyl groups excluding tert-OH is 1. The maximum atomic E-state index is 13.0. The van der Waals surface area contributed by atoms with Crippen molar-refractivity contribution >= 4 is 21.6 Å². The Balaban J connectivity index is 2.08. The summed E-state index contributed by atoms with van der Waals surface area (Å²) in [6.07, 6.45) is 0.768. The summed E-state index contributed by atoms with van der Waals surface area (Å²) < 4.78 is 40.2. The highest BCUT2D eigenvalue weighted by atomic mass is 32.2. The van der Waals surface area contributed by atoms with Crippen molar-refractivity contribution in [3.05, 3.63) is 11.8 Å². The first kappa shape index (κ1) is 22.8. The molecule has 1 aromatic heterocycles. The van der Waals surface area contributed by atoms with E-state index in [1.54, 1.807) is 6.07 Å². The van der Waals surface area contributed by atoms with Gasteiger partial charge >= 0.3 is 0 Å². The van der Waals surface area contributed by atoms with Crippen LogP contribution in [0, 0.1) is 0 Å². The summed E-state index contributed by atoms with van der Waals surface area (Å²) in [4.78, 5) is 12.7. The maximum Gasteiger partial charge on any atom is 0.246 e. The zero-order valence-electron chi connectivity index (χ0n) is 16.9. The van der Waals surface area contributed by atoms with Crippen molar-refractivity contribution in [1.82, 2.24) is 5.16 Å². The molecule has 0 aliphatic carbocycles. The second-order valence-electron chi connectivity index (χ2n) is 8.06. The molecular weight excluding hydrogens is 388 g/mol. The Hall–Kier alpha value is -1.49. The van der Waals surface area contributed by atoms with E-state index in [1.165, 1.54) is 13.8 Å². The molecule has 0 saturated carbocycles. The third-order valence-corrected chi connectivity index (χ3v) is 7.94. The van der Waals surface area contributed by atoms with Crippen LogP contribution in [0.1, 0.15) is 46.3 Å². The SMILES string of the molecule is CC(C)(COCCO)c1cc(NC(=O)C(C)(C)S(=O)(=O)C2CCOCC2)no1. The third kappa shape index (κ3) is 4.91. The zero-order valence-corrected chi connectivity index (χ0v) is 17.7. The third-order valence-electron chi connectivity index (χ3n) is 4.98. The number of anilines is 1. The summed E-state index contributed by atoms with van der Waals surface area (Å²) >= 11 is 0. The number of nitrogens with one attached hydrogen (secondary N) is 1. The average molecular weight is 419 g/mol. The van der Waals surface area contributed by atoms with Gasteiger partial charge in [0.25, 0.3) is 0 Å². The number of nitrogens with zero attached hydrogens (tertiary/aromatic N) is 1. The zero-order chi connectivity index (χ0) is 21.0. The molecule has 1 aliphatic rings. The average Bonchev–Trinajstić information content (AvgIpc) is 3.12. The van der Waals surface area contributed by atoms with E-state index in [0.717, 1.165) is 0 Å². The minimum atomic E-state index is -3.71. The molecule has 1 aliphatic heterocycles. The second-order valence-corrected chi connectivity index (χ2v) is 10.8. The molecule has 0 bridgehead atoms. The van der Waals surface area contributed by atoms with E-state index >= 15 is 0 Å². The van der Waals surface area contributed by atoms with Gasteiger partial charge in [-0.25, -0.2) is 8.42 Å². The van der Waals surface area contributed by atoms with Crippen molar-refractivity contribution in [1.29, 1.82) is 0 Å². The Kier molecular flexibility index (Phi) is 7.24. The quantitative estimate of drug-likeness (QED) is 0.574. The number of amides is 1. The van der Waals surface area contributed by atoms with Crippen molar-refractivity contribution < 1.29 is 32.3 Å². The molecule has 0 atom stereocenters. The van der Waals surface area contributed by atoms with Crippen LogP contribution >= 0.6 is 0 Å². The monoisotopic (exact) mass is 418 g/mol. The number of hydrogen-bond donors (Lipinski definition) is 2. The van der Waals surface area contributed by atoms with E-state index < -0.39 is 31.2 Å². The number of aromatic nitrogens is 1. The summed E-state index contributed by atoms with van der Waals surface area (Å²) in [6.45, 7) is 7.72. The molecule has 0 unspecified atom stereocenters. The van der Waals surface area contributed by atoms with Gasteiger partial charge in [0.1, 0.15) is 10.5 Å². The molecule has 10 heteroatoms. The highest BCUT2D eigenvalue weighted by molar-refractivity contribution is 7.94. The molecule has 28 heavy (non-hydrogen) atoms. The summed E-state index contributed by atoms with van der Waals surface area (Å²) in [5.74, 6) is -0.0375. The van der Waals surface area contributed by atoms with Crippen molar-refractivity contribution in [2.75, 3.05) is 38.4 Å². The Morgan fingerprint density at radius 2 is 1.96 bits per heavy atom. The van der Waals surface area contributed by atoms with E-state index in [2.05, 4.69) is 10.5 Å². The Morgan fingerprint density at radius 3 is 2.57 bits per heavy atom. The maximum absolute atomic E-state index is 13.0. The van der Waals surface area contributed by atoms with Gasteiger partial charge in [-0.1, -0.05) is 19.0 Å². The van der Waals surface area contributed by atoms with Crippen LogP contribution in [0.3, 0.4) is 0 Å². The van der Waals surface area contributed by atoms with Gasteiger partial charge in [0.05, 0.1) is 25.1 Å². The van der Waals surface area contributed by atoms with Crippen molar-refractivity contribution in [2.45, 2.75) is 55.9 Å². The Labute approximate surface area is 165 Å². The van der Waals surface area contributed by atoms with Crippen molar-refractivity contribution in [3.63, 3.8) is 0 Å². The molecule has 1 fully saturated rings. The van der Waals surface area contributed by atoms with Crippen LogP contribution in [-0.4, -0.2) is 67.6 Å². The molecule has 0 radical (unpaired) electrons. The van der Waals surface area contributed by atoms with Gasteiger partial charge in [-0.05, 0) is 26.7 Å². The predicted octanol–water partition coefficient (Wildman–Crippen LogP) is 1.27. The highest BCUT2D eigenvalue weighted by Crippen LogP contribution is 2.30. The van der Waals surface area contributed by atoms with E-state index in [4.69, 9.17) is 19.1 Å². The fourth-order valence-corrected chi connectivity index (χ4v) is 4.87. The second kappa shape index (κ2) is 8.89. The lowest BCUT2D eigenvalue weighted by atomic mass is 9.91. The first-order valence-electron chi connectivity index (χ1n) is 9.31. The highest BCUT2D eigenvalue weighted by Gasteiger charge is 2.46. The first-order valence-corrected chi connectivity index (χ1v) is 10.9. The van der Waals surface area contributed by atoms with Gasteiger partial charge in [0.2, 0.25) is 5.91 Å². The van der Waals surface area contributed by atoms with Gasteiger partial charge in [-0.3, -0.25) is 4.79 Å². The van der Waals surface area contributed by atoms with Crippen LogP contribution in [0.2, 0.25) is 0 Å². The fourth-order valence-electron chi connectivity index (χ4n) is 2.92. The summed E-state index contributed by atoms with van der Waals surface area (Å²) in [5, 5.41) is 14.6. The van der Waals surface area contributed by atoms with Crippen LogP contribution in [0.5, 0.6) is 0 Å². The molecule has 2 heterocycles. The normalized spacial score (nSPS) is 16.9. The lowest BCUT2D eigenvalue weighted by Crippen LogP contribution is -2.50. The molecule has 2 rings (SSSR count). The number of hydrogen-bond acceptors (Lipinski definition) is 8. The standard InChI is InChI=1S/C18H30N2O7S/c1-17(2,12-26-10-7-21)14-11-15(20-27-14)19-16(22)18(3,4)28(23,24)13-5-8-25-9-6-13/h11,13,21H,5-10,12H2,1-4H3,(H,19,20,22). The Bertz CT molecular complexity index is 765. The molecule has 1 aromatic rings. The number of carbonyl (C=O) groups excluding carboxylic acids is 1. The van der Waals surface area contributed by atoms with Gasteiger partial charge in [-0.15, -0.1) is 0 Å².